The molecular weight excluding hydrogens is 498 g/mol. The van der Waals surface area contributed by atoms with Crippen LogP contribution < -0.4 is 19.7 Å². The minimum absolute atomic E-state index is 0.0749. The van der Waals surface area contributed by atoms with E-state index in [2.05, 4.69) is 27.8 Å². The van der Waals surface area contributed by atoms with Gasteiger partial charge in [0.05, 0.1) is 21.7 Å². The Morgan fingerprint density at radius 1 is 1.18 bits per heavy atom. The van der Waals surface area contributed by atoms with Crippen LogP contribution in [0, 0.1) is 10.1 Å². The molecule has 1 fully saturated rings. The molecule has 0 aliphatic carbocycles. The van der Waals surface area contributed by atoms with Crippen molar-refractivity contribution in [1.29, 1.82) is 0 Å². The normalized spacial score (nSPS) is 14.8. The lowest BCUT2D eigenvalue weighted by molar-refractivity contribution is -0.384. The van der Waals surface area contributed by atoms with Crippen molar-refractivity contribution in [1.82, 2.24) is 5.32 Å². The molecule has 0 bridgehead atoms. The molecule has 1 aliphatic heterocycles. The van der Waals surface area contributed by atoms with E-state index in [4.69, 9.17) is 9.47 Å². The molecule has 170 valence electrons. The molecule has 0 spiro atoms. The predicted octanol–water partition coefficient (Wildman–Crippen LogP) is 3.99. The Bertz CT molecular complexity index is 1180. The number of imide groups is 2. The van der Waals surface area contributed by atoms with Crippen molar-refractivity contribution in [3.05, 3.63) is 74.8 Å². The van der Waals surface area contributed by atoms with Crippen LogP contribution in [0.1, 0.15) is 12.5 Å². The molecule has 2 aromatic carbocycles. The number of urea groups is 1. The Labute approximate surface area is 196 Å². The smallest absolute Gasteiger partial charge is 0.335 e. The largest absolute Gasteiger partial charge is 0.490 e. The number of amides is 4. The molecular formula is C22H18BrN3O7. The van der Waals surface area contributed by atoms with Gasteiger partial charge in [0, 0.05) is 12.1 Å². The van der Waals surface area contributed by atoms with Crippen molar-refractivity contribution in [3.63, 3.8) is 0 Å². The van der Waals surface area contributed by atoms with E-state index in [1.54, 1.807) is 25.1 Å². The zero-order valence-corrected chi connectivity index (χ0v) is 19.0. The minimum Gasteiger partial charge on any atom is -0.490 e. The molecule has 1 N–H and O–H groups in total. The van der Waals surface area contributed by atoms with Gasteiger partial charge in [-0.25, -0.2) is 9.69 Å². The van der Waals surface area contributed by atoms with Gasteiger partial charge in [0.1, 0.15) is 12.2 Å². The van der Waals surface area contributed by atoms with Crippen molar-refractivity contribution < 1.29 is 28.8 Å². The van der Waals surface area contributed by atoms with Gasteiger partial charge in [-0.2, -0.15) is 0 Å². The number of nitro benzene ring substituents is 1. The lowest BCUT2D eigenvalue weighted by atomic mass is 10.1. The summed E-state index contributed by atoms with van der Waals surface area (Å²) in [6.07, 6.45) is 2.89. The summed E-state index contributed by atoms with van der Waals surface area (Å²) >= 11 is 3.40. The number of carbonyl (C=O) groups excluding carboxylic acids is 3. The number of nitrogens with zero attached hydrogens (tertiary/aromatic N) is 2. The Kier molecular flexibility index (Phi) is 7.23. The molecule has 3 rings (SSSR count). The SMILES string of the molecule is C=CCOc1c(Br)cc(/C=C2\C(=O)NC(=O)N(c3ccc([N+](=O)[O-])cc3)C2=O)cc1OCC. The van der Waals surface area contributed by atoms with Crippen LogP contribution in [0.15, 0.2) is 59.1 Å². The van der Waals surface area contributed by atoms with Crippen LogP contribution in [-0.2, 0) is 9.59 Å². The molecule has 11 heteroatoms. The monoisotopic (exact) mass is 515 g/mol. The second-order valence-electron chi connectivity index (χ2n) is 6.59. The maximum absolute atomic E-state index is 13.0. The second-order valence-corrected chi connectivity index (χ2v) is 7.45. The molecule has 0 aromatic heterocycles. The van der Waals surface area contributed by atoms with E-state index in [1.165, 1.54) is 18.2 Å². The predicted molar refractivity (Wildman–Crippen MR) is 123 cm³/mol. The third kappa shape index (κ3) is 5.09. The lowest BCUT2D eigenvalue weighted by Gasteiger charge is -2.26. The van der Waals surface area contributed by atoms with E-state index in [9.17, 15) is 24.5 Å². The summed E-state index contributed by atoms with van der Waals surface area (Å²) in [6, 6.07) is 7.07. The highest BCUT2D eigenvalue weighted by Gasteiger charge is 2.37. The number of non-ortho nitro benzene ring substituents is 1. The first-order valence-corrected chi connectivity index (χ1v) is 10.4. The molecule has 4 amide bonds. The van der Waals surface area contributed by atoms with Gasteiger partial charge in [0.25, 0.3) is 17.5 Å². The Hall–Kier alpha value is -3.99. The van der Waals surface area contributed by atoms with Crippen LogP contribution in [0.2, 0.25) is 0 Å². The number of anilines is 1. The summed E-state index contributed by atoms with van der Waals surface area (Å²) < 4.78 is 11.7. The van der Waals surface area contributed by atoms with Crippen molar-refractivity contribution in [3.8, 4) is 11.5 Å². The van der Waals surface area contributed by atoms with Gasteiger partial charge in [-0.05, 0) is 58.8 Å². The molecule has 0 unspecified atom stereocenters. The summed E-state index contributed by atoms with van der Waals surface area (Å²) in [5, 5.41) is 13.0. The van der Waals surface area contributed by atoms with Crippen LogP contribution in [0.3, 0.4) is 0 Å². The number of halogens is 1. The number of ether oxygens (including phenoxy) is 2. The standard InChI is InChI=1S/C22H18BrN3O7/c1-3-9-33-19-17(23)11-13(12-18(19)32-4-2)10-16-20(27)24-22(29)25(21(16)28)14-5-7-15(8-6-14)26(30)31/h3,5-8,10-12H,1,4,9H2,2H3,(H,24,27,29)/b16-10+. The van der Waals surface area contributed by atoms with Gasteiger partial charge >= 0.3 is 6.03 Å². The fourth-order valence-electron chi connectivity index (χ4n) is 3.00. The van der Waals surface area contributed by atoms with Crippen molar-refractivity contribution in [2.75, 3.05) is 18.1 Å². The maximum atomic E-state index is 13.0. The molecule has 1 saturated heterocycles. The Balaban J connectivity index is 2.00. The third-order valence-electron chi connectivity index (χ3n) is 4.41. The van der Waals surface area contributed by atoms with Crippen molar-refractivity contribution in [2.45, 2.75) is 6.92 Å². The van der Waals surface area contributed by atoms with Crippen LogP contribution in [0.25, 0.3) is 6.08 Å². The number of nitro groups is 1. The summed E-state index contributed by atoms with van der Waals surface area (Å²) in [4.78, 5) is 48.8. The van der Waals surface area contributed by atoms with Crippen LogP contribution in [0.5, 0.6) is 11.5 Å². The molecule has 2 aromatic rings. The number of nitrogens with one attached hydrogen (secondary N) is 1. The quantitative estimate of drug-likeness (QED) is 0.185. The number of barbiturate groups is 1. The van der Waals surface area contributed by atoms with Gasteiger partial charge in [-0.3, -0.25) is 25.0 Å². The summed E-state index contributed by atoms with van der Waals surface area (Å²) in [5.41, 5.74) is 0.00298. The Morgan fingerprint density at radius 3 is 2.48 bits per heavy atom. The maximum Gasteiger partial charge on any atom is 0.335 e. The average molecular weight is 516 g/mol. The second kappa shape index (κ2) is 10.1. The fraction of sp³-hybridized carbons (Fsp3) is 0.136. The third-order valence-corrected chi connectivity index (χ3v) is 5.00. The van der Waals surface area contributed by atoms with Gasteiger partial charge in [0.15, 0.2) is 11.5 Å². The fourth-order valence-corrected chi connectivity index (χ4v) is 3.57. The van der Waals surface area contributed by atoms with E-state index in [1.807, 2.05) is 0 Å². The number of carbonyl (C=O) groups is 3. The van der Waals surface area contributed by atoms with E-state index in [0.29, 0.717) is 28.1 Å². The van der Waals surface area contributed by atoms with E-state index >= 15 is 0 Å². The highest BCUT2D eigenvalue weighted by Crippen LogP contribution is 2.38. The minimum atomic E-state index is -0.958. The van der Waals surface area contributed by atoms with Crippen LogP contribution in [0.4, 0.5) is 16.2 Å². The molecule has 1 heterocycles. The number of hydrogen-bond acceptors (Lipinski definition) is 7. The van der Waals surface area contributed by atoms with Gasteiger partial charge < -0.3 is 9.47 Å². The average Bonchev–Trinajstić information content (AvgIpc) is 2.76. The van der Waals surface area contributed by atoms with Crippen LogP contribution >= 0.6 is 15.9 Å². The highest BCUT2D eigenvalue weighted by molar-refractivity contribution is 9.10. The molecule has 1 aliphatic rings. The Morgan fingerprint density at radius 2 is 1.88 bits per heavy atom. The van der Waals surface area contributed by atoms with Crippen molar-refractivity contribution >= 4 is 51.2 Å². The molecule has 0 atom stereocenters. The number of rotatable bonds is 8. The van der Waals surface area contributed by atoms with E-state index < -0.39 is 22.8 Å². The number of benzene rings is 2. The van der Waals surface area contributed by atoms with Gasteiger partial charge in [0.2, 0.25) is 0 Å². The zero-order valence-electron chi connectivity index (χ0n) is 17.4. The summed E-state index contributed by atoms with van der Waals surface area (Å²) in [6.45, 7) is 5.99. The lowest BCUT2D eigenvalue weighted by Crippen LogP contribution is -2.54. The van der Waals surface area contributed by atoms with Gasteiger partial charge in [-0.1, -0.05) is 12.7 Å². The van der Waals surface area contributed by atoms with Gasteiger partial charge in [-0.15, -0.1) is 0 Å². The zero-order chi connectivity index (χ0) is 24.1. The molecule has 0 saturated carbocycles. The van der Waals surface area contributed by atoms with Crippen LogP contribution in [-0.4, -0.2) is 36.0 Å². The highest BCUT2D eigenvalue weighted by atomic mass is 79.9. The first kappa shape index (κ1) is 23.7. The van der Waals surface area contributed by atoms with E-state index in [-0.39, 0.29) is 23.6 Å². The number of hydrogen-bond donors (Lipinski definition) is 1. The molecule has 33 heavy (non-hydrogen) atoms. The molecule has 0 radical (unpaired) electrons. The van der Waals surface area contributed by atoms with Crippen molar-refractivity contribution in [2.24, 2.45) is 0 Å². The van der Waals surface area contributed by atoms with E-state index in [0.717, 1.165) is 17.0 Å². The summed E-state index contributed by atoms with van der Waals surface area (Å²) in [7, 11) is 0. The first-order valence-electron chi connectivity index (χ1n) is 9.62. The topological polar surface area (TPSA) is 128 Å². The molecule has 10 nitrogen and oxygen atoms in total. The summed E-state index contributed by atoms with van der Waals surface area (Å²) in [5.74, 6) is -0.934. The first-order chi connectivity index (χ1) is 15.8.